The number of benzene rings is 2. The third-order valence-electron chi connectivity index (χ3n) is 26.3. The van der Waals surface area contributed by atoms with Gasteiger partial charge in [0.15, 0.2) is 5.78 Å². The van der Waals surface area contributed by atoms with Gasteiger partial charge in [-0.3, -0.25) is 48.2 Å². The van der Waals surface area contributed by atoms with Crippen LogP contribution in [0.5, 0.6) is 0 Å². The molecule has 0 bridgehead atoms. The van der Waals surface area contributed by atoms with Crippen molar-refractivity contribution in [1.82, 2.24) is 59.8 Å². The van der Waals surface area contributed by atoms with Gasteiger partial charge in [0.05, 0.1) is 124 Å². The van der Waals surface area contributed by atoms with E-state index < -0.39 is 89.6 Å². The predicted molar refractivity (Wildman–Crippen MR) is 539 cm³/mol. The molecule has 32 nitrogen and oxygen atoms in total. The van der Waals surface area contributed by atoms with Gasteiger partial charge >= 0.3 is 18.2 Å². The number of Topliss-reactive ketones (excluding diaryl/α,β-unsaturated/α-hetero) is 1. The highest BCUT2D eigenvalue weighted by Gasteiger charge is 2.47. The molecule has 2 aliphatic rings. The minimum atomic E-state index is -0.827. The molecular formula is C103H173N13O19S2. The molecule has 2 aromatic heterocycles. The van der Waals surface area contributed by atoms with Crippen molar-refractivity contribution in [3.63, 3.8) is 0 Å². The molecule has 776 valence electrons. The van der Waals surface area contributed by atoms with E-state index in [2.05, 4.69) is 48.3 Å². The van der Waals surface area contributed by atoms with E-state index in [4.69, 9.17) is 43.6 Å². The van der Waals surface area contributed by atoms with Gasteiger partial charge in [-0.1, -0.05) is 170 Å². The van der Waals surface area contributed by atoms with Crippen LogP contribution in [-0.4, -0.2) is 328 Å². The van der Waals surface area contributed by atoms with Crippen molar-refractivity contribution in [2.75, 3.05) is 136 Å². The van der Waals surface area contributed by atoms with Gasteiger partial charge in [-0.05, 0) is 141 Å². The standard InChI is InChI=1S/C52H86N6O9S.C35H55N5O5S.C16H32N2O5/c1-16-36(6)46(57(13)50(62)39(34(2)3)32-42(59)45(35(4)5)55(11)26-28-66-29-27-56(12)51(63)67-52(8,9)10)43(64-14)33-44(60)58-25-20-23-41(58)47(65-15)37(7)48(61)54-40(49-53-24-30-68-49)31-38-21-18-17-19-22-38;1-9-23(4)31(39(6)35(43)30(36)22(2)3)28(44-7)21-29(41)40-18-13-16-27(40)32(45-8)24(5)33(42)38-26(34-37-17-19-46-34)20-25-14-11-10-12-15-25;1-12(2)13(14(19)20)17(6)8-10-22-11-9-18(7)15(21)23-16(3,4)5/h17-19,21-22,24,30,34-37,39-41,43,45-47H,16,20,23,25-29,31-33H2,1-15H3,(H,54,61);10-12,14-15,17,19,22-24,26-28,30-32H,9,13,16,18,20-21,36H2,1-8H3,(H,38,42);12-13H,8-11H2,1-7H3,(H,19,20)/t36-,37+,39-,40-,41-,43+,45-,46-,47+;23-,24+,26-,27-,28+,30-,31-,32+;13-/m000/s1. The molecule has 34 heteroatoms. The van der Waals surface area contributed by atoms with Gasteiger partial charge in [0, 0.05) is 131 Å². The minimum Gasteiger partial charge on any atom is -0.480 e. The summed E-state index contributed by atoms with van der Waals surface area (Å²) in [5.74, 6) is -3.45. The van der Waals surface area contributed by atoms with E-state index in [0.29, 0.717) is 85.0 Å². The second-order valence-electron chi connectivity index (χ2n) is 40.4. The molecule has 5 N–H and O–H groups in total. The first-order valence-electron chi connectivity index (χ1n) is 49.1. The number of likely N-dealkylation sites (tertiary alicyclic amines) is 2. The fourth-order valence-electron chi connectivity index (χ4n) is 18.1. The Hall–Kier alpha value is -8.16. The van der Waals surface area contributed by atoms with E-state index >= 15 is 0 Å². The molecule has 2 saturated heterocycles. The maximum absolute atomic E-state index is 14.7. The molecule has 0 unspecified atom stereocenters. The van der Waals surface area contributed by atoms with Crippen LogP contribution in [0, 0.1) is 53.3 Å². The van der Waals surface area contributed by atoms with E-state index in [1.54, 1.807) is 90.8 Å². The number of hydrogen-bond donors (Lipinski definition) is 4. The van der Waals surface area contributed by atoms with E-state index in [1.807, 2.05) is 204 Å². The number of methoxy groups -OCH3 is 4. The van der Waals surface area contributed by atoms with Gasteiger partial charge in [0.2, 0.25) is 35.4 Å². The number of nitrogens with zero attached hydrogens (tertiary/aromatic N) is 10. The van der Waals surface area contributed by atoms with Gasteiger partial charge in [-0.25, -0.2) is 19.6 Å². The highest BCUT2D eigenvalue weighted by molar-refractivity contribution is 7.09. The number of carbonyl (C=O) groups excluding carboxylic acids is 9. The summed E-state index contributed by atoms with van der Waals surface area (Å²) in [6, 6.07) is 16.5. The lowest BCUT2D eigenvalue weighted by Crippen LogP contribution is -2.56. The highest BCUT2D eigenvalue weighted by atomic mass is 32.1. The lowest BCUT2D eigenvalue weighted by Gasteiger charge is -2.41. The lowest BCUT2D eigenvalue weighted by atomic mass is 9.83. The van der Waals surface area contributed by atoms with Crippen molar-refractivity contribution in [2.24, 2.45) is 59.0 Å². The zero-order chi connectivity index (χ0) is 103. The topological polar surface area (TPSA) is 367 Å². The summed E-state index contributed by atoms with van der Waals surface area (Å²) < 4.78 is 46.1. The van der Waals surface area contributed by atoms with Crippen LogP contribution < -0.4 is 16.4 Å². The zero-order valence-corrected chi connectivity index (χ0v) is 89.9. The number of carbonyl (C=O) groups is 10. The van der Waals surface area contributed by atoms with E-state index in [1.165, 1.54) is 32.5 Å². The number of amides is 8. The molecule has 0 saturated carbocycles. The van der Waals surface area contributed by atoms with Crippen LogP contribution in [0.3, 0.4) is 0 Å². The number of likely N-dealkylation sites (N-methyl/N-ethyl adjacent to an activating group) is 6. The lowest BCUT2D eigenvalue weighted by molar-refractivity contribution is -0.149. The number of nitrogens with one attached hydrogen (secondary N) is 2. The number of carboxylic acids is 1. The third-order valence-corrected chi connectivity index (χ3v) is 28.1. The van der Waals surface area contributed by atoms with E-state index in [0.717, 1.165) is 53.2 Å². The van der Waals surface area contributed by atoms with Gasteiger partial charge in [0.1, 0.15) is 27.3 Å². The molecule has 0 spiro atoms. The van der Waals surface area contributed by atoms with Gasteiger partial charge in [-0.15, -0.1) is 22.7 Å². The second-order valence-corrected chi connectivity index (χ2v) is 42.3. The molecule has 137 heavy (non-hydrogen) atoms. The second kappa shape index (κ2) is 60.2. The Balaban J connectivity index is 0.000000486. The zero-order valence-electron chi connectivity index (χ0n) is 88.3. The number of ketones is 1. The summed E-state index contributed by atoms with van der Waals surface area (Å²) in [5, 5.41) is 21.1. The first-order chi connectivity index (χ1) is 64.5. The van der Waals surface area contributed by atoms with E-state index in [-0.39, 0.29) is 132 Å². The average Bonchev–Trinajstić information content (AvgIpc) is 1.79. The predicted octanol–water partition coefficient (Wildman–Crippen LogP) is 13.9. The SMILES string of the molecule is CC(C)[C@@H](C(=O)O)N(C)CCOCCN(C)C(=O)OC(C)(C)C.CC[C@H](C)[C@@H]([C@@H](CC(=O)N1CCC[C@H]1[C@H](OC)[C@@H](C)C(=O)N[C@@H](Cc1ccccc1)c1nccs1)OC)N(C)C(=O)[C@@H](CC(=O)[C@H](C(C)C)N(C)CCOCCN(C)C(=O)OC(C)(C)C)C(C)C.CC[C@H](C)[C@@H]([C@@H](CC(=O)N1CCC[C@H]1[C@H](OC)[C@@H](C)C(=O)N[C@@H](Cc1ccccc1)c1nccs1)OC)N(C)C(=O)[C@@H](N)C(C)C. The van der Waals surface area contributed by atoms with Crippen LogP contribution in [0.1, 0.15) is 229 Å². The minimum absolute atomic E-state index is 0.0131. The van der Waals surface area contributed by atoms with Crippen molar-refractivity contribution < 1.29 is 90.9 Å². The summed E-state index contributed by atoms with van der Waals surface area (Å²) in [6.07, 6.45) is 6.44. The van der Waals surface area contributed by atoms with Gasteiger partial charge in [0.25, 0.3) is 0 Å². The summed E-state index contributed by atoms with van der Waals surface area (Å²) in [4.78, 5) is 157. The third kappa shape index (κ3) is 39.0. The van der Waals surface area contributed by atoms with Crippen LogP contribution >= 0.6 is 22.7 Å². The molecular weight excluding hydrogens is 1790 g/mol. The maximum Gasteiger partial charge on any atom is 0.410 e. The fourth-order valence-corrected chi connectivity index (χ4v) is 19.5. The van der Waals surface area contributed by atoms with Crippen LogP contribution in [0.4, 0.5) is 9.59 Å². The smallest absolute Gasteiger partial charge is 0.410 e. The quantitative estimate of drug-likeness (QED) is 0.0298. The number of aromatic nitrogens is 2. The molecule has 8 amide bonds. The monoisotopic (exact) mass is 1960 g/mol. The van der Waals surface area contributed by atoms with Crippen molar-refractivity contribution in [3.8, 4) is 0 Å². The molecule has 0 radical (unpaired) electrons. The Morgan fingerprint density at radius 1 is 0.496 bits per heavy atom. The van der Waals surface area contributed by atoms with E-state index in [9.17, 15) is 53.1 Å². The number of nitrogens with two attached hydrogens (primary N) is 1. The Labute approximate surface area is 827 Å². The van der Waals surface area contributed by atoms with Gasteiger partial charge in [-0.2, -0.15) is 0 Å². The molecule has 4 heterocycles. The number of aliphatic carboxylic acids is 1. The number of rotatable bonds is 54. The Kier molecular flexibility index (Phi) is 53.2. The number of ether oxygens (including phenoxy) is 8. The van der Waals surface area contributed by atoms with Crippen LogP contribution in [0.15, 0.2) is 83.8 Å². The van der Waals surface area contributed by atoms with Crippen LogP contribution in [0.2, 0.25) is 0 Å². The Bertz CT molecular complexity index is 4200. The first kappa shape index (κ1) is 121. The number of thiazole rings is 2. The normalized spacial score (nSPS) is 17.7. The number of hydrogen-bond acceptors (Lipinski definition) is 25. The molecule has 0 aliphatic carbocycles. The van der Waals surface area contributed by atoms with Crippen molar-refractivity contribution in [2.45, 2.75) is 299 Å². The van der Waals surface area contributed by atoms with Crippen LogP contribution in [0.25, 0.3) is 0 Å². The number of carboxylic acid groups (broad SMARTS) is 1. The summed E-state index contributed by atoms with van der Waals surface area (Å²) >= 11 is 3.02. The molecule has 4 aromatic rings. The summed E-state index contributed by atoms with van der Waals surface area (Å²) in [5.41, 5.74) is 7.33. The Morgan fingerprint density at radius 2 is 0.861 bits per heavy atom. The highest BCUT2D eigenvalue weighted by Crippen LogP contribution is 2.36. The molecule has 6 rings (SSSR count). The Morgan fingerprint density at radius 3 is 1.18 bits per heavy atom. The maximum atomic E-state index is 14.7. The van der Waals surface area contributed by atoms with Crippen molar-refractivity contribution >= 4 is 82.1 Å². The molecule has 18 atom stereocenters. The van der Waals surface area contributed by atoms with Crippen LogP contribution in [-0.2, 0) is 89.1 Å². The molecule has 2 fully saturated rings. The first-order valence-corrected chi connectivity index (χ1v) is 50.9. The van der Waals surface area contributed by atoms with Gasteiger partial charge < -0.3 is 88.8 Å². The summed E-state index contributed by atoms with van der Waals surface area (Å²) in [7, 11) is 16.9. The largest absolute Gasteiger partial charge is 0.480 e. The van der Waals surface area contributed by atoms with Crippen molar-refractivity contribution in [1.29, 1.82) is 0 Å². The fraction of sp³-hybridized carbons (Fsp3) is 0.728. The van der Waals surface area contributed by atoms with Crippen molar-refractivity contribution in [3.05, 3.63) is 105 Å². The molecule has 2 aromatic carbocycles. The summed E-state index contributed by atoms with van der Waals surface area (Å²) in [6.45, 7) is 42.8. The molecule has 2 aliphatic heterocycles. The average molecular weight is 1960 g/mol.